The van der Waals surface area contributed by atoms with Crippen molar-refractivity contribution in [3.8, 4) is 0 Å². The van der Waals surface area contributed by atoms with Crippen LogP contribution in [0.25, 0.3) is 11.6 Å². The highest BCUT2D eigenvalue weighted by molar-refractivity contribution is 5.64. The largest absolute Gasteiger partial charge is 0.0952 e. The highest BCUT2D eigenvalue weighted by atomic mass is 14.2. The summed E-state index contributed by atoms with van der Waals surface area (Å²) in [5, 5.41) is 0. The summed E-state index contributed by atoms with van der Waals surface area (Å²) < 4.78 is 0. The molecular weight excluding hydrogens is 396 g/mol. The molecule has 33 heavy (non-hydrogen) atoms. The third-order valence-electron chi connectivity index (χ3n) is 6.26. The van der Waals surface area contributed by atoms with Gasteiger partial charge in [-0.2, -0.15) is 0 Å². The van der Waals surface area contributed by atoms with Gasteiger partial charge in [-0.05, 0) is 65.0 Å². The standard InChI is InChI=1S/C24H24.C9H8/c1-20(22-13-7-3-8-14-22)19-24(23-15-9-4-10-16-23)18-17-21-11-5-2-6-12-21;1-2-5-9-7-3-6-8(9)4-1/h2-16,24H,1,17-19H2;1-6H,7H2. The van der Waals surface area contributed by atoms with Gasteiger partial charge >= 0.3 is 0 Å². The Bertz CT molecular complexity index is 1150. The van der Waals surface area contributed by atoms with Crippen molar-refractivity contribution < 1.29 is 0 Å². The van der Waals surface area contributed by atoms with Crippen LogP contribution >= 0.6 is 0 Å². The number of allylic oxidation sites excluding steroid dienone is 2. The Balaban J connectivity index is 0.000000238. The fourth-order valence-electron chi connectivity index (χ4n) is 4.38. The normalized spacial score (nSPS) is 12.4. The van der Waals surface area contributed by atoms with Crippen LogP contribution in [0, 0.1) is 0 Å². The Hall–Kier alpha value is -3.64. The zero-order valence-corrected chi connectivity index (χ0v) is 19.2. The molecular formula is C33H32. The first-order chi connectivity index (χ1) is 16.3. The molecule has 0 spiro atoms. The van der Waals surface area contributed by atoms with Gasteiger partial charge in [-0.3, -0.25) is 0 Å². The van der Waals surface area contributed by atoms with Crippen LogP contribution < -0.4 is 0 Å². The maximum atomic E-state index is 4.35. The summed E-state index contributed by atoms with van der Waals surface area (Å²) in [7, 11) is 0. The number of hydrogen-bond donors (Lipinski definition) is 0. The predicted octanol–water partition coefficient (Wildman–Crippen LogP) is 8.76. The number of hydrogen-bond acceptors (Lipinski definition) is 0. The van der Waals surface area contributed by atoms with E-state index in [2.05, 4.69) is 134 Å². The maximum Gasteiger partial charge on any atom is -0.00882 e. The van der Waals surface area contributed by atoms with Crippen molar-refractivity contribution in [2.45, 2.75) is 31.6 Å². The van der Waals surface area contributed by atoms with Gasteiger partial charge in [0.1, 0.15) is 0 Å². The Labute approximate surface area is 199 Å². The van der Waals surface area contributed by atoms with Crippen molar-refractivity contribution in [2.24, 2.45) is 0 Å². The average Bonchev–Trinajstić information content (AvgIpc) is 3.37. The van der Waals surface area contributed by atoms with Crippen molar-refractivity contribution in [1.82, 2.24) is 0 Å². The van der Waals surface area contributed by atoms with E-state index in [-0.39, 0.29) is 0 Å². The van der Waals surface area contributed by atoms with E-state index in [0.29, 0.717) is 5.92 Å². The van der Waals surface area contributed by atoms with Crippen LogP contribution in [-0.2, 0) is 12.8 Å². The Morgan fingerprint density at radius 1 is 0.697 bits per heavy atom. The lowest BCUT2D eigenvalue weighted by Crippen LogP contribution is -2.02. The summed E-state index contributed by atoms with van der Waals surface area (Å²) in [6, 6.07) is 40.6. The van der Waals surface area contributed by atoms with Crippen molar-refractivity contribution in [2.75, 3.05) is 0 Å². The van der Waals surface area contributed by atoms with E-state index in [9.17, 15) is 0 Å². The van der Waals surface area contributed by atoms with E-state index in [1.807, 2.05) is 0 Å². The van der Waals surface area contributed by atoms with E-state index >= 15 is 0 Å². The Morgan fingerprint density at radius 3 is 2.00 bits per heavy atom. The van der Waals surface area contributed by atoms with Gasteiger partial charge < -0.3 is 0 Å². The summed E-state index contributed by atoms with van der Waals surface area (Å²) in [6.07, 6.45) is 8.74. The van der Waals surface area contributed by atoms with Gasteiger partial charge in [0.05, 0.1) is 0 Å². The van der Waals surface area contributed by atoms with Crippen LogP contribution in [-0.4, -0.2) is 0 Å². The van der Waals surface area contributed by atoms with E-state index < -0.39 is 0 Å². The van der Waals surface area contributed by atoms with Crippen LogP contribution in [0.4, 0.5) is 0 Å². The first kappa shape index (κ1) is 22.6. The molecule has 1 aliphatic rings. The topological polar surface area (TPSA) is 0 Å². The van der Waals surface area contributed by atoms with Gasteiger partial charge in [0.25, 0.3) is 0 Å². The minimum absolute atomic E-state index is 0.499. The smallest absolute Gasteiger partial charge is 0.00882 e. The lowest BCUT2D eigenvalue weighted by atomic mass is 9.85. The van der Waals surface area contributed by atoms with Crippen LogP contribution in [0.3, 0.4) is 0 Å². The Morgan fingerprint density at radius 2 is 1.30 bits per heavy atom. The molecule has 1 unspecified atom stereocenters. The molecule has 0 saturated heterocycles. The second-order valence-electron chi connectivity index (χ2n) is 8.61. The zero-order valence-electron chi connectivity index (χ0n) is 19.2. The average molecular weight is 429 g/mol. The molecule has 164 valence electrons. The molecule has 0 nitrogen and oxygen atoms in total. The van der Waals surface area contributed by atoms with Crippen molar-refractivity contribution in [1.29, 1.82) is 0 Å². The van der Waals surface area contributed by atoms with Crippen LogP contribution in [0.15, 0.2) is 128 Å². The molecule has 0 aliphatic heterocycles. The minimum atomic E-state index is 0.499. The summed E-state index contributed by atoms with van der Waals surface area (Å²) in [5.74, 6) is 0.499. The Kier molecular flexibility index (Phi) is 8.08. The second-order valence-corrected chi connectivity index (χ2v) is 8.61. The van der Waals surface area contributed by atoms with Gasteiger partial charge in [0.15, 0.2) is 0 Å². The lowest BCUT2D eigenvalue weighted by Gasteiger charge is -2.19. The van der Waals surface area contributed by atoms with E-state index in [0.717, 1.165) is 25.7 Å². The highest BCUT2D eigenvalue weighted by Gasteiger charge is 2.14. The molecule has 4 aromatic carbocycles. The molecule has 1 aliphatic carbocycles. The molecule has 4 aromatic rings. The molecule has 0 heteroatoms. The van der Waals surface area contributed by atoms with E-state index in [4.69, 9.17) is 0 Å². The number of aryl methyl sites for hydroxylation is 1. The first-order valence-electron chi connectivity index (χ1n) is 11.9. The first-order valence-corrected chi connectivity index (χ1v) is 11.9. The van der Waals surface area contributed by atoms with Crippen molar-refractivity contribution >= 4 is 11.6 Å². The fourth-order valence-corrected chi connectivity index (χ4v) is 4.38. The van der Waals surface area contributed by atoms with Gasteiger partial charge in [-0.25, -0.2) is 0 Å². The van der Waals surface area contributed by atoms with E-state index in [1.54, 1.807) is 0 Å². The summed E-state index contributed by atoms with van der Waals surface area (Å²) in [5.41, 5.74) is 8.12. The van der Waals surface area contributed by atoms with Crippen molar-refractivity contribution in [3.63, 3.8) is 0 Å². The third-order valence-corrected chi connectivity index (χ3v) is 6.26. The molecule has 0 saturated carbocycles. The van der Waals surface area contributed by atoms with Gasteiger partial charge in [0.2, 0.25) is 0 Å². The molecule has 1 atom stereocenters. The summed E-state index contributed by atoms with van der Waals surface area (Å²) >= 11 is 0. The van der Waals surface area contributed by atoms with Crippen LogP contribution in [0.2, 0.25) is 0 Å². The quantitative estimate of drug-likeness (QED) is 0.276. The molecule has 0 radical (unpaired) electrons. The second kappa shape index (κ2) is 11.8. The SMILES string of the molecule is C1=Cc2ccccc2C1.C=C(CC(CCc1ccccc1)c1ccccc1)c1ccccc1. The molecule has 5 rings (SSSR count). The third kappa shape index (κ3) is 6.67. The molecule has 0 bridgehead atoms. The lowest BCUT2D eigenvalue weighted by molar-refractivity contribution is 0.639. The van der Waals surface area contributed by atoms with Crippen LogP contribution in [0.1, 0.15) is 46.6 Å². The van der Waals surface area contributed by atoms with Gasteiger partial charge in [0, 0.05) is 0 Å². The highest BCUT2D eigenvalue weighted by Crippen LogP contribution is 2.31. The number of benzene rings is 4. The summed E-state index contributed by atoms with van der Waals surface area (Å²) in [4.78, 5) is 0. The molecule has 0 fully saturated rings. The van der Waals surface area contributed by atoms with E-state index in [1.165, 1.54) is 33.4 Å². The predicted molar refractivity (Wildman–Crippen MR) is 143 cm³/mol. The van der Waals surface area contributed by atoms with Gasteiger partial charge in [-0.15, -0.1) is 0 Å². The van der Waals surface area contributed by atoms with Crippen LogP contribution in [0.5, 0.6) is 0 Å². The zero-order chi connectivity index (χ0) is 22.7. The molecule has 0 amide bonds. The molecule has 0 N–H and O–H groups in total. The maximum absolute atomic E-state index is 4.35. The van der Waals surface area contributed by atoms with Crippen molar-refractivity contribution in [3.05, 3.63) is 156 Å². The molecule has 0 aromatic heterocycles. The minimum Gasteiger partial charge on any atom is -0.0952 e. The summed E-state index contributed by atoms with van der Waals surface area (Å²) in [6.45, 7) is 4.35. The van der Waals surface area contributed by atoms with Gasteiger partial charge in [-0.1, -0.05) is 134 Å². The fraction of sp³-hybridized carbons (Fsp3) is 0.152. The number of fused-ring (bicyclic) bond motifs is 1. The molecule has 0 heterocycles. The monoisotopic (exact) mass is 428 g/mol. The number of rotatable bonds is 7.